The van der Waals surface area contributed by atoms with Crippen molar-refractivity contribution in [2.24, 2.45) is 0 Å². The molecule has 0 aliphatic rings. The Morgan fingerprint density at radius 1 is 1.14 bits per heavy atom. The highest BCUT2D eigenvalue weighted by atomic mass is 16.5. The second-order valence-electron chi connectivity index (χ2n) is 4.81. The quantitative estimate of drug-likeness (QED) is 0.825. The average molecular weight is 282 g/mol. The number of aromatic nitrogens is 1. The zero-order valence-electron chi connectivity index (χ0n) is 12.1. The van der Waals surface area contributed by atoms with Gasteiger partial charge < -0.3 is 9.72 Å². The first kappa shape index (κ1) is 14.9. The van der Waals surface area contributed by atoms with Gasteiger partial charge in [-0.1, -0.05) is 19.8 Å². The Labute approximate surface area is 124 Å². The van der Waals surface area contributed by atoms with Crippen LogP contribution in [-0.2, 0) is 0 Å². The van der Waals surface area contributed by atoms with Gasteiger partial charge >= 0.3 is 0 Å². The summed E-state index contributed by atoms with van der Waals surface area (Å²) < 4.78 is 5.64. The molecule has 0 spiro atoms. The fourth-order valence-corrected chi connectivity index (χ4v) is 2.00. The number of hydrogen-bond acceptors (Lipinski definition) is 3. The molecule has 0 amide bonds. The molecule has 2 aromatic rings. The van der Waals surface area contributed by atoms with Crippen molar-refractivity contribution in [1.29, 1.82) is 5.26 Å². The van der Waals surface area contributed by atoms with Gasteiger partial charge in [-0.2, -0.15) is 5.26 Å². The van der Waals surface area contributed by atoms with E-state index in [0.717, 1.165) is 24.3 Å². The van der Waals surface area contributed by atoms with Crippen molar-refractivity contribution >= 4 is 0 Å². The Morgan fingerprint density at radius 2 is 1.90 bits per heavy atom. The number of nitrogens with zero attached hydrogens (tertiary/aromatic N) is 1. The average Bonchev–Trinajstić information content (AvgIpc) is 2.52. The number of H-pyrrole nitrogens is 1. The van der Waals surface area contributed by atoms with Crippen LogP contribution in [0.25, 0.3) is 11.3 Å². The maximum atomic E-state index is 11.6. The van der Waals surface area contributed by atoms with E-state index in [-0.39, 0.29) is 11.1 Å². The van der Waals surface area contributed by atoms with E-state index in [0.29, 0.717) is 5.69 Å². The van der Waals surface area contributed by atoms with Crippen LogP contribution < -0.4 is 10.3 Å². The fourth-order valence-electron chi connectivity index (χ4n) is 2.00. The second-order valence-corrected chi connectivity index (χ2v) is 4.81. The smallest absolute Gasteiger partial charge is 0.266 e. The van der Waals surface area contributed by atoms with E-state index in [9.17, 15) is 4.79 Å². The summed E-state index contributed by atoms with van der Waals surface area (Å²) in [5.74, 6) is 0.825. The number of rotatable bonds is 6. The van der Waals surface area contributed by atoms with Crippen molar-refractivity contribution < 1.29 is 4.74 Å². The molecule has 0 saturated carbocycles. The molecule has 1 aromatic carbocycles. The van der Waals surface area contributed by atoms with Crippen molar-refractivity contribution in [3.63, 3.8) is 0 Å². The van der Waals surface area contributed by atoms with Crippen molar-refractivity contribution in [3.8, 4) is 23.1 Å². The molecule has 108 valence electrons. The Balaban J connectivity index is 2.07. The largest absolute Gasteiger partial charge is 0.494 e. The maximum absolute atomic E-state index is 11.6. The first-order valence-corrected chi connectivity index (χ1v) is 7.11. The van der Waals surface area contributed by atoms with Gasteiger partial charge in [0.2, 0.25) is 0 Å². The molecule has 4 nitrogen and oxygen atoms in total. The van der Waals surface area contributed by atoms with Crippen LogP contribution in [0.1, 0.15) is 31.7 Å². The van der Waals surface area contributed by atoms with Crippen molar-refractivity contribution in [3.05, 3.63) is 52.3 Å². The lowest BCUT2D eigenvalue weighted by Crippen LogP contribution is -2.10. The van der Waals surface area contributed by atoms with Crippen LogP contribution in [-0.4, -0.2) is 11.6 Å². The van der Waals surface area contributed by atoms with Gasteiger partial charge in [-0.3, -0.25) is 4.79 Å². The monoisotopic (exact) mass is 282 g/mol. The summed E-state index contributed by atoms with van der Waals surface area (Å²) in [6.45, 7) is 2.88. The lowest BCUT2D eigenvalue weighted by atomic mass is 10.1. The molecule has 0 aliphatic heterocycles. The third kappa shape index (κ3) is 3.96. The molecular formula is C17H18N2O2. The third-order valence-electron chi connectivity index (χ3n) is 3.21. The standard InChI is InChI=1S/C17H18N2O2/c1-2-3-4-11-21-15-8-5-13(6-9-15)16-10-7-14(12-18)17(20)19-16/h5-10H,2-4,11H2,1H3,(H,19,20). The number of aromatic amines is 1. The minimum atomic E-state index is -0.366. The lowest BCUT2D eigenvalue weighted by molar-refractivity contribution is 0.306. The molecular weight excluding hydrogens is 264 g/mol. The highest BCUT2D eigenvalue weighted by Crippen LogP contribution is 2.20. The number of benzene rings is 1. The van der Waals surface area contributed by atoms with E-state index in [4.69, 9.17) is 10.00 Å². The minimum absolute atomic E-state index is 0.120. The normalized spacial score (nSPS) is 10.1. The fraction of sp³-hybridized carbons (Fsp3) is 0.294. The van der Waals surface area contributed by atoms with E-state index >= 15 is 0 Å². The molecule has 1 heterocycles. The molecule has 0 atom stereocenters. The molecule has 1 aromatic heterocycles. The Kier molecular flexibility index (Phi) is 5.16. The summed E-state index contributed by atoms with van der Waals surface area (Å²) in [6.07, 6.45) is 3.40. The highest BCUT2D eigenvalue weighted by molar-refractivity contribution is 5.60. The second kappa shape index (κ2) is 7.30. The van der Waals surface area contributed by atoms with Crippen LogP contribution in [0.5, 0.6) is 5.75 Å². The van der Waals surface area contributed by atoms with E-state index in [1.165, 1.54) is 18.9 Å². The molecule has 0 unspecified atom stereocenters. The van der Waals surface area contributed by atoms with Gasteiger partial charge in [-0.15, -0.1) is 0 Å². The molecule has 21 heavy (non-hydrogen) atoms. The zero-order valence-corrected chi connectivity index (χ0v) is 12.1. The summed E-state index contributed by atoms with van der Waals surface area (Å²) in [6, 6.07) is 12.7. The van der Waals surface area contributed by atoms with Crippen molar-refractivity contribution in [2.75, 3.05) is 6.61 Å². The minimum Gasteiger partial charge on any atom is -0.494 e. The van der Waals surface area contributed by atoms with Crippen LogP contribution in [0.2, 0.25) is 0 Å². The number of pyridine rings is 1. The van der Waals surface area contributed by atoms with Gasteiger partial charge in [0.1, 0.15) is 17.4 Å². The summed E-state index contributed by atoms with van der Waals surface area (Å²) in [7, 11) is 0. The van der Waals surface area contributed by atoms with E-state index in [2.05, 4.69) is 11.9 Å². The molecule has 0 radical (unpaired) electrons. The van der Waals surface area contributed by atoms with Gasteiger partial charge in [0.05, 0.1) is 6.61 Å². The molecule has 0 saturated heterocycles. The van der Waals surface area contributed by atoms with Crippen LogP contribution >= 0.6 is 0 Å². The highest BCUT2D eigenvalue weighted by Gasteiger charge is 2.03. The molecule has 0 aliphatic carbocycles. The summed E-state index contributed by atoms with van der Waals surface area (Å²) in [5, 5.41) is 8.75. The molecule has 0 fully saturated rings. The van der Waals surface area contributed by atoms with Crippen molar-refractivity contribution in [1.82, 2.24) is 4.98 Å². The number of nitrogens with one attached hydrogen (secondary N) is 1. The topological polar surface area (TPSA) is 65.9 Å². The van der Waals surface area contributed by atoms with Gasteiger partial charge in [0.15, 0.2) is 0 Å². The van der Waals surface area contributed by atoms with Crippen LogP contribution in [0.3, 0.4) is 0 Å². The Morgan fingerprint density at radius 3 is 2.52 bits per heavy atom. The number of ether oxygens (including phenoxy) is 1. The third-order valence-corrected chi connectivity index (χ3v) is 3.21. The Hall–Kier alpha value is -2.54. The van der Waals surface area contributed by atoms with Gasteiger partial charge in [-0.25, -0.2) is 0 Å². The van der Waals surface area contributed by atoms with Gasteiger partial charge in [0.25, 0.3) is 5.56 Å². The van der Waals surface area contributed by atoms with E-state index in [1.54, 1.807) is 6.07 Å². The van der Waals surface area contributed by atoms with Crippen LogP contribution in [0, 0.1) is 11.3 Å². The number of nitriles is 1. The van der Waals surface area contributed by atoms with E-state index < -0.39 is 0 Å². The zero-order chi connectivity index (χ0) is 15.1. The predicted octanol–water partition coefficient (Wildman–Crippen LogP) is 3.48. The first-order valence-electron chi connectivity index (χ1n) is 7.11. The molecule has 2 rings (SSSR count). The van der Waals surface area contributed by atoms with Crippen LogP contribution in [0.15, 0.2) is 41.2 Å². The van der Waals surface area contributed by atoms with Gasteiger partial charge in [-0.05, 0) is 48.4 Å². The van der Waals surface area contributed by atoms with E-state index in [1.807, 2.05) is 30.3 Å². The van der Waals surface area contributed by atoms with Crippen LogP contribution in [0.4, 0.5) is 0 Å². The molecule has 1 N–H and O–H groups in total. The SMILES string of the molecule is CCCCCOc1ccc(-c2ccc(C#N)c(=O)[nH]2)cc1. The first-order chi connectivity index (χ1) is 10.2. The van der Waals surface area contributed by atoms with Crippen molar-refractivity contribution in [2.45, 2.75) is 26.2 Å². The maximum Gasteiger partial charge on any atom is 0.266 e. The molecule has 0 bridgehead atoms. The van der Waals surface area contributed by atoms with Gasteiger partial charge in [0, 0.05) is 5.69 Å². The number of unbranched alkanes of at least 4 members (excludes halogenated alkanes) is 2. The number of hydrogen-bond donors (Lipinski definition) is 1. The summed E-state index contributed by atoms with van der Waals surface area (Å²) in [4.78, 5) is 14.3. The Bertz CT molecular complexity index is 681. The summed E-state index contributed by atoms with van der Waals surface area (Å²) in [5.41, 5.74) is 1.33. The summed E-state index contributed by atoms with van der Waals surface area (Å²) >= 11 is 0. The lowest BCUT2D eigenvalue weighted by Gasteiger charge is -2.07. The molecule has 4 heteroatoms. The predicted molar refractivity (Wildman–Crippen MR) is 82.2 cm³/mol.